The van der Waals surface area contributed by atoms with E-state index < -0.39 is 11.1 Å². The molecular weight excluding hydrogens is 314 g/mol. The van der Waals surface area contributed by atoms with Crippen LogP contribution >= 0.6 is 0 Å². The van der Waals surface area contributed by atoms with Gasteiger partial charge in [-0.1, -0.05) is 12.1 Å². The van der Waals surface area contributed by atoms with Crippen LogP contribution in [0.2, 0.25) is 0 Å². The van der Waals surface area contributed by atoms with Crippen LogP contribution in [0.25, 0.3) is 5.57 Å². The van der Waals surface area contributed by atoms with E-state index in [9.17, 15) is 4.79 Å². The Labute approximate surface area is 148 Å². The number of ether oxygens (including phenoxy) is 1. The maximum atomic E-state index is 13.1. The number of aliphatic imine (C=N–C) groups is 1. The number of carbonyl (C=O) groups excluding carboxylic acids is 1. The molecule has 2 heterocycles. The Bertz CT molecular complexity index is 809. The zero-order valence-corrected chi connectivity index (χ0v) is 15.1. The van der Waals surface area contributed by atoms with Crippen molar-refractivity contribution in [2.24, 2.45) is 10.7 Å². The van der Waals surface area contributed by atoms with E-state index in [2.05, 4.69) is 23.2 Å². The minimum absolute atomic E-state index is 0.0719. The average molecular weight is 339 g/mol. The molecule has 0 saturated carbocycles. The lowest BCUT2D eigenvalue weighted by Crippen LogP contribution is -2.49. The second-order valence-electron chi connectivity index (χ2n) is 7.92. The van der Waals surface area contributed by atoms with Crippen LogP contribution < -0.4 is 10.5 Å². The highest BCUT2D eigenvalue weighted by molar-refractivity contribution is 6.07. The first-order valence-electron chi connectivity index (χ1n) is 8.99. The van der Waals surface area contributed by atoms with Gasteiger partial charge in [-0.25, -0.2) is 4.99 Å². The standard InChI is InChI=1S/C20H25N3O2/c1-19(2)12-20(17(24)23(3)18(21)22-20)15-11-14(9-10-16(15)25-19)13-7-5-4-6-8-13/h7,9-11H,4-6,8,12H2,1-3H3,(H2,21,22). The van der Waals surface area contributed by atoms with E-state index in [1.807, 2.05) is 19.9 Å². The van der Waals surface area contributed by atoms with Crippen LogP contribution in [0, 0.1) is 0 Å². The number of carbonyl (C=O) groups is 1. The molecule has 0 saturated heterocycles. The number of nitrogens with two attached hydrogens (primary N) is 1. The number of likely N-dealkylation sites (N-methyl/N-ethyl adjacent to an activating group) is 1. The summed E-state index contributed by atoms with van der Waals surface area (Å²) in [6.45, 7) is 3.99. The number of benzene rings is 1. The molecule has 0 fully saturated rings. The highest BCUT2D eigenvalue weighted by Crippen LogP contribution is 2.49. The van der Waals surface area contributed by atoms with Crippen molar-refractivity contribution < 1.29 is 9.53 Å². The first-order chi connectivity index (χ1) is 11.8. The van der Waals surface area contributed by atoms with E-state index in [0.29, 0.717) is 6.42 Å². The van der Waals surface area contributed by atoms with Gasteiger partial charge in [-0.15, -0.1) is 0 Å². The first kappa shape index (κ1) is 16.2. The molecule has 5 heteroatoms. The quantitative estimate of drug-likeness (QED) is 0.854. The van der Waals surface area contributed by atoms with E-state index in [1.54, 1.807) is 7.05 Å². The minimum Gasteiger partial charge on any atom is -0.487 e. The van der Waals surface area contributed by atoms with Gasteiger partial charge in [0, 0.05) is 19.0 Å². The van der Waals surface area contributed by atoms with Crippen molar-refractivity contribution in [3.63, 3.8) is 0 Å². The summed E-state index contributed by atoms with van der Waals surface area (Å²) in [6, 6.07) is 6.18. The summed E-state index contributed by atoms with van der Waals surface area (Å²) >= 11 is 0. The lowest BCUT2D eigenvalue weighted by molar-refractivity contribution is -0.133. The van der Waals surface area contributed by atoms with Gasteiger partial charge >= 0.3 is 0 Å². The van der Waals surface area contributed by atoms with Gasteiger partial charge in [0.05, 0.1) is 0 Å². The predicted molar refractivity (Wildman–Crippen MR) is 98.3 cm³/mol. The van der Waals surface area contributed by atoms with Gasteiger partial charge < -0.3 is 10.5 Å². The van der Waals surface area contributed by atoms with E-state index in [0.717, 1.165) is 29.7 Å². The molecule has 0 bridgehead atoms. The zero-order valence-electron chi connectivity index (χ0n) is 15.1. The van der Waals surface area contributed by atoms with Crippen molar-refractivity contribution in [2.75, 3.05) is 7.05 Å². The van der Waals surface area contributed by atoms with Crippen LogP contribution in [0.5, 0.6) is 5.75 Å². The molecule has 3 aliphatic rings. The zero-order chi connectivity index (χ0) is 17.8. The molecule has 4 rings (SSSR count). The highest BCUT2D eigenvalue weighted by Gasteiger charge is 2.55. The van der Waals surface area contributed by atoms with Gasteiger partial charge in [-0.05, 0) is 62.8 Å². The van der Waals surface area contributed by atoms with E-state index in [-0.39, 0.29) is 11.9 Å². The fourth-order valence-corrected chi connectivity index (χ4v) is 4.28. The van der Waals surface area contributed by atoms with Crippen molar-refractivity contribution in [2.45, 2.75) is 57.1 Å². The summed E-state index contributed by atoms with van der Waals surface area (Å²) in [6.07, 6.45) is 7.46. The fraction of sp³-hybridized carbons (Fsp3) is 0.500. The Morgan fingerprint density at radius 3 is 2.72 bits per heavy atom. The molecule has 1 aromatic carbocycles. The van der Waals surface area contributed by atoms with Crippen LogP contribution in [0.4, 0.5) is 0 Å². The van der Waals surface area contributed by atoms with E-state index in [4.69, 9.17) is 10.5 Å². The van der Waals surface area contributed by atoms with Crippen molar-refractivity contribution in [1.82, 2.24) is 4.90 Å². The fourth-order valence-electron chi connectivity index (χ4n) is 4.28. The number of guanidine groups is 1. The van der Waals surface area contributed by atoms with Crippen LogP contribution in [-0.4, -0.2) is 29.4 Å². The van der Waals surface area contributed by atoms with Gasteiger partial charge in [-0.2, -0.15) is 0 Å². The van der Waals surface area contributed by atoms with Gasteiger partial charge in [0.2, 0.25) is 0 Å². The SMILES string of the molecule is CN1C(=O)C2(CC(C)(C)Oc3ccc(C4=CCCCC4)cc32)N=C1N. The van der Waals surface area contributed by atoms with E-state index >= 15 is 0 Å². The van der Waals surface area contributed by atoms with Crippen molar-refractivity contribution in [1.29, 1.82) is 0 Å². The summed E-state index contributed by atoms with van der Waals surface area (Å²) in [7, 11) is 1.69. The van der Waals surface area contributed by atoms with Crippen LogP contribution in [-0.2, 0) is 10.3 Å². The molecule has 5 nitrogen and oxygen atoms in total. The number of nitrogens with zero attached hydrogens (tertiary/aromatic N) is 2. The summed E-state index contributed by atoms with van der Waals surface area (Å²) < 4.78 is 6.17. The maximum absolute atomic E-state index is 13.1. The molecule has 1 atom stereocenters. The second-order valence-corrected chi connectivity index (χ2v) is 7.92. The molecule has 1 aromatic rings. The molecule has 0 radical (unpaired) electrons. The van der Waals surface area contributed by atoms with Crippen LogP contribution in [0.15, 0.2) is 29.3 Å². The van der Waals surface area contributed by atoms with Crippen molar-refractivity contribution >= 4 is 17.4 Å². The smallest absolute Gasteiger partial charge is 0.261 e. The molecule has 1 spiro atoms. The molecule has 132 valence electrons. The van der Waals surface area contributed by atoms with Crippen molar-refractivity contribution in [3.05, 3.63) is 35.4 Å². The Kier molecular flexibility index (Phi) is 3.46. The molecule has 1 amide bonds. The van der Waals surface area contributed by atoms with Gasteiger partial charge in [-0.3, -0.25) is 9.69 Å². The van der Waals surface area contributed by atoms with Crippen LogP contribution in [0.3, 0.4) is 0 Å². The number of allylic oxidation sites excluding steroid dienone is 2. The Morgan fingerprint density at radius 1 is 1.28 bits per heavy atom. The topological polar surface area (TPSA) is 67.9 Å². The summed E-state index contributed by atoms with van der Waals surface area (Å²) in [4.78, 5) is 19.2. The van der Waals surface area contributed by atoms with Gasteiger partial charge in [0.1, 0.15) is 11.4 Å². The van der Waals surface area contributed by atoms with Gasteiger partial charge in [0.15, 0.2) is 11.5 Å². The number of amides is 1. The van der Waals surface area contributed by atoms with Crippen molar-refractivity contribution in [3.8, 4) is 5.75 Å². The Balaban J connectivity index is 1.89. The average Bonchev–Trinajstić information content (AvgIpc) is 2.79. The Hall–Kier alpha value is -2.30. The molecule has 2 N–H and O–H groups in total. The molecule has 1 aliphatic carbocycles. The lowest BCUT2D eigenvalue weighted by Gasteiger charge is -2.41. The lowest BCUT2D eigenvalue weighted by atomic mass is 9.76. The number of hydrogen-bond donors (Lipinski definition) is 1. The summed E-state index contributed by atoms with van der Waals surface area (Å²) in [5, 5.41) is 0. The molecule has 25 heavy (non-hydrogen) atoms. The number of hydrogen-bond acceptors (Lipinski definition) is 4. The third kappa shape index (κ3) is 2.44. The molecular formula is C20H25N3O2. The van der Waals surface area contributed by atoms with E-state index in [1.165, 1.54) is 23.3 Å². The molecule has 0 aromatic heterocycles. The van der Waals surface area contributed by atoms with Crippen LogP contribution in [0.1, 0.15) is 57.1 Å². The monoisotopic (exact) mass is 339 g/mol. The van der Waals surface area contributed by atoms with Gasteiger partial charge in [0.25, 0.3) is 5.91 Å². The molecule has 1 unspecified atom stereocenters. The first-order valence-corrected chi connectivity index (χ1v) is 8.99. The predicted octanol–water partition coefficient (Wildman–Crippen LogP) is 3.19. The number of rotatable bonds is 1. The minimum atomic E-state index is -0.971. The molecule has 2 aliphatic heterocycles. The second kappa shape index (κ2) is 5.35. The highest BCUT2D eigenvalue weighted by atomic mass is 16.5. The number of fused-ring (bicyclic) bond motifs is 2. The summed E-state index contributed by atoms with van der Waals surface area (Å²) in [5.74, 6) is 0.935. The maximum Gasteiger partial charge on any atom is 0.261 e. The largest absolute Gasteiger partial charge is 0.487 e. The summed E-state index contributed by atoms with van der Waals surface area (Å²) in [5.41, 5.74) is 7.91. The Morgan fingerprint density at radius 2 is 2.08 bits per heavy atom. The third-order valence-electron chi connectivity index (χ3n) is 5.46. The normalized spacial score (nSPS) is 27.6. The third-order valence-corrected chi connectivity index (χ3v) is 5.46.